The molecule has 13 rings (SSSR count). The average Bonchev–Trinajstić information content (AvgIpc) is 3.84. The van der Waals surface area contributed by atoms with Gasteiger partial charge >= 0.3 is 0 Å². The number of benzene rings is 10. The van der Waals surface area contributed by atoms with Gasteiger partial charge in [0.15, 0.2) is 0 Å². The lowest BCUT2D eigenvalue weighted by molar-refractivity contribution is 0.447. The van der Waals surface area contributed by atoms with Crippen molar-refractivity contribution in [2.45, 2.75) is 5.41 Å². The summed E-state index contributed by atoms with van der Waals surface area (Å²) in [5.74, 6) is 1.87. The second-order valence-corrected chi connectivity index (χ2v) is 17.0. The third-order valence-electron chi connectivity index (χ3n) is 12.9. The fourth-order valence-corrected chi connectivity index (χ4v) is 11.6. The van der Waals surface area contributed by atoms with Gasteiger partial charge in [-0.25, -0.2) is 0 Å². The normalized spacial score (nSPS) is 13.3. The smallest absolute Gasteiger partial charge is 0.140 e. The van der Waals surface area contributed by atoms with Gasteiger partial charge in [-0.15, -0.1) is 11.3 Å². The number of rotatable bonds is 4. The van der Waals surface area contributed by atoms with Gasteiger partial charge in [-0.1, -0.05) is 176 Å². The highest BCUT2D eigenvalue weighted by molar-refractivity contribution is 7.26. The molecule has 60 heavy (non-hydrogen) atoms. The van der Waals surface area contributed by atoms with Gasteiger partial charge in [-0.2, -0.15) is 0 Å². The Labute approximate surface area is 351 Å². The van der Waals surface area contributed by atoms with Crippen LogP contribution in [0.3, 0.4) is 0 Å². The van der Waals surface area contributed by atoms with Crippen LogP contribution in [0.5, 0.6) is 11.5 Å². The second-order valence-electron chi connectivity index (χ2n) is 15.9. The number of fused-ring (bicyclic) bond motifs is 16. The second kappa shape index (κ2) is 12.8. The summed E-state index contributed by atoms with van der Waals surface area (Å²) in [6.45, 7) is 0. The van der Waals surface area contributed by atoms with Crippen LogP contribution in [0.2, 0.25) is 0 Å². The van der Waals surface area contributed by atoms with Crippen molar-refractivity contribution in [1.82, 2.24) is 0 Å². The molecule has 0 amide bonds. The van der Waals surface area contributed by atoms with Crippen molar-refractivity contribution in [3.63, 3.8) is 0 Å². The maximum absolute atomic E-state index is 7.18. The van der Waals surface area contributed by atoms with Crippen LogP contribution in [0.25, 0.3) is 64.0 Å². The van der Waals surface area contributed by atoms with E-state index in [2.05, 4.69) is 217 Å². The van der Waals surface area contributed by atoms with E-state index in [1.165, 1.54) is 81.1 Å². The van der Waals surface area contributed by atoms with E-state index in [0.29, 0.717) is 0 Å². The monoisotopic (exact) mass is 781 g/mol. The van der Waals surface area contributed by atoms with Gasteiger partial charge in [-0.05, 0) is 80.6 Å². The molecule has 0 fully saturated rings. The van der Waals surface area contributed by atoms with Crippen LogP contribution < -0.4 is 9.64 Å². The molecule has 0 saturated heterocycles. The Hall–Kier alpha value is -7.46. The summed E-state index contributed by atoms with van der Waals surface area (Å²) in [4.78, 5) is 2.41. The topological polar surface area (TPSA) is 12.5 Å². The Morgan fingerprint density at radius 1 is 0.383 bits per heavy atom. The first-order chi connectivity index (χ1) is 29.8. The SMILES string of the molecule is c1ccc(N(c2ccc(-c3cccc4c3-c3ccccc3C43c4ccc5ccccc5c4Oc4c3ccc3ccccc43)cc2)c2cccc3c2sc2ccccc23)cc1. The minimum atomic E-state index is -0.591. The number of hydrogen-bond acceptors (Lipinski definition) is 3. The molecule has 0 unspecified atom stereocenters. The standard InChI is InChI=1S/C57H35NOS/c1-2-16-39(17-3-1)58(51-26-13-23-45-44-20-9-11-27-52(44)60-56(45)51)40-32-28-38(29-33-40)41-22-12-25-48-53(41)46-21-8-10-24-47(46)57(48)49-34-30-36-14-4-6-18-42(36)54(49)59-55-43-19-7-5-15-37(43)31-35-50(55)57/h1-35H. The molecule has 10 aromatic carbocycles. The zero-order chi connectivity index (χ0) is 39.4. The molecule has 0 N–H and O–H groups in total. The molecule has 1 aliphatic heterocycles. The fraction of sp³-hybridized carbons (Fsp3) is 0.0175. The van der Waals surface area contributed by atoms with E-state index >= 15 is 0 Å². The van der Waals surface area contributed by atoms with Crippen molar-refractivity contribution in [2.24, 2.45) is 0 Å². The van der Waals surface area contributed by atoms with Gasteiger partial charge in [0.2, 0.25) is 0 Å². The van der Waals surface area contributed by atoms with Gasteiger partial charge in [-0.3, -0.25) is 0 Å². The summed E-state index contributed by atoms with van der Waals surface area (Å²) in [6, 6.07) is 77.8. The Morgan fingerprint density at radius 2 is 0.950 bits per heavy atom. The molecule has 2 aliphatic rings. The molecule has 0 bridgehead atoms. The van der Waals surface area contributed by atoms with Gasteiger partial charge in [0.05, 0.1) is 15.8 Å². The third kappa shape index (κ3) is 4.58. The summed E-state index contributed by atoms with van der Waals surface area (Å²) in [5.41, 5.74) is 12.7. The minimum Gasteiger partial charge on any atom is -0.455 e. The quantitative estimate of drug-likeness (QED) is 0.176. The maximum Gasteiger partial charge on any atom is 0.140 e. The summed E-state index contributed by atoms with van der Waals surface area (Å²) < 4.78 is 9.77. The number of anilines is 3. The third-order valence-corrected chi connectivity index (χ3v) is 14.1. The van der Waals surface area contributed by atoms with Crippen LogP contribution in [0.1, 0.15) is 22.3 Å². The van der Waals surface area contributed by atoms with Crippen LogP contribution in [0.4, 0.5) is 17.1 Å². The van der Waals surface area contributed by atoms with E-state index in [-0.39, 0.29) is 0 Å². The van der Waals surface area contributed by atoms with Crippen molar-refractivity contribution in [3.05, 3.63) is 235 Å². The first-order valence-electron chi connectivity index (χ1n) is 20.6. The summed E-state index contributed by atoms with van der Waals surface area (Å²) >= 11 is 1.86. The van der Waals surface area contributed by atoms with E-state index in [4.69, 9.17) is 4.74 Å². The van der Waals surface area contributed by atoms with Crippen molar-refractivity contribution in [2.75, 3.05) is 4.90 Å². The molecule has 1 spiro atoms. The lowest BCUT2D eigenvalue weighted by Gasteiger charge is -2.40. The van der Waals surface area contributed by atoms with Crippen molar-refractivity contribution in [1.29, 1.82) is 0 Å². The highest BCUT2D eigenvalue weighted by atomic mass is 32.1. The largest absolute Gasteiger partial charge is 0.455 e. The molecule has 3 heteroatoms. The van der Waals surface area contributed by atoms with Crippen molar-refractivity contribution in [3.8, 4) is 33.8 Å². The van der Waals surface area contributed by atoms with Crippen LogP contribution in [-0.2, 0) is 5.41 Å². The predicted octanol–water partition coefficient (Wildman–Crippen LogP) is 16.0. The zero-order valence-electron chi connectivity index (χ0n) is 32.5. The lowest BCUT2D eigenvalue weighted by atomic mass is 9.65. The Kier molecular flexibility index (Phi) is 7.13. The molecule has 1 aromatic heterocycles. The molecule has 11 aromatic rings. The summed E-state index contributed by atoms with van der Waals surface area (Å²) in [6.07, 6.45) is 0. The van der Waals surface area contributed by atoms with Crippen LogP contribution >= 0.6 is 11.3 Å². The molecule has 2 heterocycles. The summed E-state index contributed by atoms with van der Waals surface area (Å²) in [5, 5.41) is 7.18. The maximum atomic E-state index is 7.18. The molecule has 2 nitrogen and oxygen atoms in total. The van der Waals surface area contributed by atoms with E-state index in [1.807, 2.05) is 11.3 Å². The highest BCUT2D eigenvalue weighted by Gasteiger charge is 2.52. The Morgan fingerprint density at radius 3 is 1.70 bits per heavy atom. The van der Waals surface area contributed by atoms with Gasteiger partial charge in [0, 0.05) is 48.7 Å². The molecular weight excluding hydrogens is 747 g/mol. The lowest BCUT2D eigenvalue weighted by Crippen LogP contribution is -2.32. The number of ether oxygens (including phenoxy) is 1. The van der Waals surface area contributed by atoms with E-state index < -0.39 is 5.41 Å². The molecular formula is C57H35NOS. The molecule has 0 radical (unpaired) electrons. The number of para-hydroxylation sites is 1. The zero-order valence-corrected chi connectivity index (χ0v) is 33.3. The van der Waals surface area contributed by atoms with E-state index in [1.54, 1.807) is 0 Å². The average molecular weight is 782 g/mol. The molecule has 0 saturated carbocycles. The van der Waals surface area contributed by atoms with Crippen molar-refractivity contribution < 1.29 is 4.74 Å². The van der Waals surface area contributed by atoms with Crippen LogP contribution in [0.15, 0.2) is 212 Å². The van der Waals surface area contributed by atoms with Crippen LogP contribution in [-0.4, -0.2) is 0 Å². The molecule has 1 aliphatic carbocycles. The van der Waals surface area contributed by atoms with Gasteiger partial charge in [0.25, 0.3) is 0 Å². The fourth-order valence-electron chi connectivity index (χ4n) is 10.4. The minimum absolute atomic E-state index is 0.591. The van der Waals surface area contributed by atoms with E-state index in [9.17, 15) is 0 Å². The first kappa shape index (κ1) is 33.5. The highest BCUT2D eigenvalue weighted by Crippen LogP contribution is 2.65. The Balaban J connectivity index is 1.03. The van der Waals surface area contributed by atoms with Crippen molar-refractivity contribution >= 4 is 70.1 Å². The Bertz CT molecular complexity index is 3440. The van der Waals surface area contributed by atoms with E-state index in [0.717, 1.165) is 33.6 Å². The van der Waals surface area contributed by atoms with Crippen LogP contribution in [0, 0.1) is 0 Å². The number of hydrogen-bond donors (Lipinski definition) is 0. The van der Waals surface area contributed by atoms with Gasteiger partial charge < -0.3 is 9.64 Å². The van der Waals surface area contributed by atoms with Gasteiger partial charge in [0.1, 0.15) is 11.5 Å². The summed E-state index contributed by atoms with van der Waals surface area (Å²) in [7, 11) is 0. The molecule has 0 atom stereocenters. The first-order valence-corrected chi connectivity index (χ1v) is 21.4. The molecule has 280 valence electrons. The number of nitrogens with zero attached hydrogens (tertiary/aromatic N) is 1. The predicted molar refractivity (Wildman–Crippen MR) is 252 cm³/mol. The number of thiophene rings is 1.